The number of rotatable bonds is 5. The fourth-order valence-corrected chi connectivity index (χ4v) is 5.00. The second-order valence-electron chi connectivity index (χ2n) is 9.05. The van der Waals surface area contributed by atoms with Crippen LogP contribution >= 0.6 is 0 Å². The van der Waals surface area contributed by atoms with Crippen molar-refractivity contribution in [2.45, 2.75) is 51.1 Å². The number of para-hydroxylation sites is 1. The highest BCUT2D eigenvalue weighted by Gasteiger charge is 2.35. The van der Waals surface area contributed by atoms with Crippen molar-refractivity contribution in [2.75, 3.05) is 26.7 Å². The number of carbonyl (C=O) groups excluding carboxylic acids is 1. The second kappa shape index (κ2) is 8.46. The van der Waals surface area contributed by atoms with Crippen LogP contribution in [0.3, 0.4) is 0 Å². The summed E-state index contributed by atoms with van der Waals surface area (Å²) < 4.78 is 5.47. The summed E-state index contributed by atoms with van der Waals surface area (Å²) in [5.41, 5.74) is 2.77. The van der Waals surface area contributed by atoms with Crippen molar-refractivity contribution in [1.82, 2.24) is 19.8 Å². The smallest absolute Gasteiger partial charge is 0.255 e. The van der Waals surface area contributed by atoms with E-state index >= 15 is 0 Å². The molecule has 0 radical (unpaired) electrons. The Balaban J connectivity index is 1.28. The molecule has 1 aromatic carbocycles. The van der Waals surface area contributed by atoms with Crippen molar-refractivity contribution in [1.29, 1.82) is 0 Å². The van der Waals surface area contributed by atoms with E-state index in [0.717, 1.165) is 73.7 Å². The predicted octanol–water partition coefficient (Wildman–Crippen LogP) is 2.45. The molecule has 7 nitrogen and oxygen atoms in total. The summed E-state index contributed by atoms with van der Waals surface area (Å²) in [6.45, 7) is 3.64. The lowest BCUT2D eigenvalue weighted by molar-refractivity contribution is -0.137. The number of nitrogens with one attached hydrogen (secondary N) is 1. The first-order valence-electron chi connectivity index (χ1n) is 11.4. The second-order valence-corrected chi connectivity index (χ2v) is 9.05. The van der Waals surface area contributed by atoms with E-state index in [2.05, 4.69) is 16.0 Å². The average molecular weight is 423 g/mol. The number of fused-ring (bicyclic) bond motifs is 1. The minimum absolute atomic E-state index is 0.0338. The lowest BCUT2D eigenvalue weighted by atomic mass is 9.84. The van der Waals surface area contributed by atoms with Gasteiger partial charge in [-0.05, 0) is 25.3 Å². The third kappa shape index (κ3) is 3.99. The van der Waals surface area contributed by atoms with Crippen LogP contribution in [0.1, 0.15) is 54.2 Å². The molecule has 7 heteroatoms. The zero-order valence-electron chi connectivity index (χ0n) is 18.1. The van der Waals surface area contributed by atoms with E-state index in [1.807, 2.05) is 23.1 Å². The van der Waals surface area contributed by atoms with Crippen molar-refractivity contribution in [2.24, 2.45) is 5.92 Å². The van der Waals surface area contributed by atoms with Gasteiger partial charge in [-0.25, -0.2) is 4.98 Å². The number of H-pyrrole nitrogens is 1. The van der Waals surface area contributed by atoms with Crippen molar-refractivity contribution < 1.29 is 9.53 Å². The van der Waals surface area contributed by atoms with Gasteiger partial charge in [-0.15, -0.1) is 0 Å². The van der Waals surface area contributed by atoms with Crippen molar-refractivity contribution in [3.63, 3.8) is 0 Å². The first-order valence-corrected chi connectivity index (χ1v) is 11.4. The summed E-state index contributed by atoms with van der Waals surface area (Å²) in [7, 11) is 1.68. The first-order chi connectivity index (χ1) is 15.1. The number of aromatic nitrogens is 2. The molecule has 1 aliphatic carbocycles. The van der Waals surface area contributed by atoms with Gasteiger partial charge in [0.15, 0.2) is 0 Å². The Bertz CT molecular complexity index is 1030. The van der Waals surface area contributed by atoms with Crippen LogP contribution in [0.25, 0.3) is 0 Å². The maximum absolute atomic E-state index is 12.9. The van der Waals surface area contributed by atoms with E-state index in [4.69, 9.17) is 9.72 Å². The molecule has 2 aromatic rings. The van der Waals surface area contributed by atoms with Gasteiger partial charge in [0.25, 0.3) is 5.56 Å². The highest BCUT2D eigenvalue weighted by molar-refractivity contribution is 5.80. The summed E-state index contributed by atoms with van der Waals surface area (Å²) in [6.07, 6.45) is 4.86. The Kier molecular flexibility index (Phi) is 5.52. The summed E-state index contributed by atoms with van der Waals surface area (Å²) in [4.78, 5) is 37.6. The molecule has 3 aliphatic rings. The van der Waals surface area contributed by atoms with Crippen molar-refractivity contribution in [3.8, 4) is 5.75 Å². The van der Waals surface area contributed by atoms with E-state index in [-0.39, 0.29) is 17.4 Å². The Morgan fingerprint density at radius 1 is 1.23 bits per heavy atom. The molecule has 1 amide bonds. The first kappa shape index (κ1) is 20.2. The molecule has 1 saturated carbocycles. The molecule has 0 spiro atoms. The van der Waals surface area contributed by atoms with E-state index in [0.29, 0.717) is 19.0 Å². The lowest BCUT2D eigenvalue weighted by Crippen LogP contribution is -2.38. The zero-order valence-corrected chi connectivity index (χ0v) is 18.1. The van der Waals surface area contributed by atoms with Crippen LogP contribution in [0.4, 0.5) is 0 Å². The SMILES string of the molecule is COc1ccccc1CN1CCc2nc(C3CCN(C(=O)C4CCC4)C3)[nH]c(=O)c2C1. The van der Waals surface area contributed by atoms with Crippen LogP contribution < -0.4 is 10.3 Å². The molecule has 31 heavy (non-hydrogen) atoms. The Labute approximate surface area is 182 Å². The number of methoxy groups -OCH3 is 1. The van der Waals surface area contributed by atoms with Crippen molar-refractivity contribution in [3.05, 3.63) is 57.3 Å². The standard InChI is InChI=1S/C24H30N4O3/c1-31-21-8-3-2-5-17(21)13-27-11-10-20-19(15-27)23(29)26-22(25-20)18-9-12-28(14-18)24(30)16-6-4-7-16/h2-3,5,8,16,18H,4,6-7,9-15H2,1H3,(H,25,26,29). The Hall–Kier alpha value is -2.67. The summed E-state index contributed by atoms with van der Waals surface area (Å²) in [5.74, 6) is 2.28. The number of amides is 1. The molecule has 5 rings (SSSR count). The number of nitrogens with zero attached hydrogens (tertiary/aromatic N) is 3. The third-order valence-corrected chi connectivity index (χ3v) is 7.09. The minimum Gasteiger partial charge on any atom is -0.496 e. The van der Waals surface area contributed by atoms with Crippen LogP contribution in [0.5, 0.6) is 5.75 Å². The molecule has 0 bridgehead atoms. The van der Waals surface area contributed by atoms with Gasteiger partial charge in [0.05, 0.1) is 18.4 Å². The molecular formula is C24H30N4O3. The quantitative estimate of drug-likeness (QED) is 0.801. The fourth-order valence-electron chi connectivity index (χ4n) is 5.00. The largest absolute Gasteiger partial charge is 0.496 e. The van der Waals surface area contributed by atoms with Gasteiger partial charge < -0.3 is 14.6 Å². The van der Waals surface area contributed by atoms with Crippen molar-refractivity contribution >= 4 is 5.91 Å². The average Bonchev–Trinajstić information content (AvgIpc) is 3.24. The van der Waals surface area contributed by atoms with Crippen LogP contribution in [-0.4, -0.2) is 52.4 Å². The number of hydrogen-bond acceptors (Lipinski definition) is 5. The lowest BCUT2D eigenvalue weighted by Gasteiger charge is -2.29. The number of aromatic amines is 1. The molecule has 1 atom stereocenters. The molecule has 1 saturated heterocycles. The highest BCUT2D eigenvalue weighted by Crippen LogP contribution is 2.32. The maximum Gasteiger partial charge on any atom is 0.255 e. The van der Waals surface area contributed by atoms with E-state index < -0.39 is 0 Å². The number of ether oxygens (including phenoxy) is 1. The zero-order chi connectivity index (χ0) is 21.4. The van der Waals surface area contributed by atoms with Crippen LogP contribution in [0.15, 0.2) is 29.1 Å². The van der Waals surface area contributed by atoms with Crippen LogP contribution in [-0.2, 0) is 24.3 Å². The molecule has 164 valence electrons. The minimum atomic E-state index is -0.0338. The Morgan fingerprint density at radius 2 is 2.06 bits per heavy atom. The van der Waals surface area contributed by atoms with Gasteiger partial charge in [-0.1, -0.05) is 24.6 Å². The molecule has 1 unspecified atom stereocenters. The summed E-state index contributed by atoms with van der Waals surface area (Å²) in [6, 6.07) is 8.01. The van der Waals surface area contributed by atoms with E-state index in [1.54, 1.807) is 7.11 Å². The molecule has 1 N–H and O–H groups in total. The molecule has 2 fully saturated rings. The maximum atomic E-state index is 12.9. The number of benzene rings is 1. The summed E-state index contributed by atoms with van der Waals surface area (Å²) in [5, 5.41) is 0. The van der Waals surface area contributed by atoms with Gasteiger partial charge >= 0.3 is 0 Å². The highest BCUT2D eigenvalue weighted by atomic mass is 16.5. The van der Waals surface area contributed by atoms with Gasteiger partial charge in [0.1, 0.15) is 11.6 Å². The van der Waals surface area contributed by atoms with E-state index in [1.165, 1.54) is 6.42 Å². The Morgan fingerprint density at radius 3 is 2.84 bits per heavy atom. The van der Waals surface area contributed by atoms with E-state index in [9.17, 15) is 9.59 Å². The number of carbonyl (C=O) groups is 1. The van der Waals surface area contributed by atoms with Crippen LogP contribution in [0.2, 0.25) is 0 Å². The van der Waals surface area contributed by atoms with Gasteiger partial charge in [-0.3, -0.25) is 14.5 Å². The molecule has 2 aliphatic heterocycles. The molecule has 1 aromatic heterocycles. The van der Waals surface area contributed by atoms with Gasteiger partial charge in [0, 0.05) is 56.5 Å². The predicted molar refractivity (Wildman–Crippen MR) is 117 cm³/mol. The van der Waals surface area contributed by atoms with Gasteiger partial charge in [-0.2, -0.15) is 0 Å². The monoisotopic (exact) mass is 422 g/mol. The molecular weight excluding hydrogens is 392 g/mol. The van der Waals surface area contributed by atoms with Gasteiger partial charge in [0.2, 0.25) is 5.91 Å². The number of likely N-dealkylation sites (tertiary alicyclic amines) is 1. The molecule has 3 heterocycles. The summed E-state index contributed by atoms with van der Waals surface area (Å²) >= 11 is 0. The topological polar surface area (TPSA) is 78.5 Å². The third-order valence-electron chi connectivity index (χ3n) is 7.09. The fraction of sp³-hybridized carbons (Fsp3) is 0.542. The van der Waals surface area contributed by atoms with Crippen LogP contribution in [0, 0.1) is 5.92 Å². The number of hydrogen-bond donors (Lipinski definition) is 1. The normalized spacial score (nSPS) is 21.6.